The summed E-state index contributed by atoms with van der Waals surface area (Å²) in [6.07, 6.45) is 0. The zero-order valence-corrected chi connectivity index (χ0v) is 11.1. The number of hydrogen-bond acceptors (Lipinski definition) is 4. The molecule has 1 heterocycles. The van der Waals surface area contributed by atoms with Gasteiger partial charge in [-0.25, -0.2) is 0 Å². The first-order valence-electron chi connectivity index (χ1n) is 5.87. The first-order chi connectivity index (χ1) is 8.25. The van der Waals surface area contributed by atoms with Gasteiger partial charge in [-0.15, -0.1) is 0 Å². The Hall–Kier alpha value is -1.16. The average molecular weight is 250 g/mol. The van der Waals surface area contributed by atoms with Crippen molar-refractivity contribution in [3.8, 4) is 5.75 Å². The van der Waals surface area contributed by atoms with Gasteiger partial charge in [-0.1, -0.05) is 23.9 Å². The van der Waals surface area contributed by atoms with E-state index in [0.29, 0.717) is 0 Å². The molecule has 0 aromatic heterocycles. The molecule has 0 atom stereocenters. The van der Waals surface area contributed by atoms with E-state index in [9.17, 15) is 0 Å². The molecule has 0 fully saturated rings. The quantitative estimate of drug-likeness (QED) is 0.833. The molecular formula is C13H18N2OS. The van der Waals surface area contributed by atoms with Crippen LogP contribution in [0.1, 0.15) is 11.1 Å². The number of nitrogens with zero attached hydrogens (tertiary/aromatic N) is 1. The summed E-state index contributed by atoms with van der Waals surface area (Å²) in [5.41, 5.74) is 2.43. The van der Waals surface area contributed by atoms with Gasteiger partial charge in [-0.3, -0.25) is 4.99 Å². The smallest absolute Gasteiger partial charge is 0.156 e. The second-order valence-corrected chi connectivity index (χ2v) is 5.16. The van der Waals surface area contributed by atoms with Crippen molar-refractivity contribution < 1.29 is 4.74 Å². The second kappa shape index (κ2) is 5.96. The number of nitrogens with one attached hydrogen (secondary N) is 1. The standard InChI is InChI=1S/C13H18N2OS/c1-10-3-4-11(2)12(9-10)16-7-8-17-13-14-5-6-15-13/h3-4,9H,5-8H2,1-2H3,(H,14,15). The van der Waals surface area contributed by atoms with E-state index in [1.54, 1.807) is 11.8 Å². The van der Waals surface area contributed by atoms with Gasteiger partial charge >= 0.3 is 0 Å². The van der Waals surface area contributed by atoms with Gasteiger partial charge in [0.15, 0.2) is 5.17 Å². The summed E-state index contributed by atoms with van der Waals surface area (Å²) < 4.78 is 5.77. The summed E-state index contributed by atoms with van der Waals surface area (Å²) in [4.78, 5) is 4.32. The minimum atomic E-state index is 0.718. The Labute approximate surface area is 107 Å². The van der Waals surface area contributed by atoms with E-state index >= 15 is 0 Å². The predicted octanol–water partition coefficient (Wildman–Crippen LogP) is 2.37. The Morgan fingerprint density at radius 2 is 2.29 bits per heavy atom. The summed E-state index contributed by atoms with van der Waals surface area (Å²) in [6, 6.07) is 6.29. The number of rotatable bonds is 4. The number of amidine groups is 1. The molecule has 1 aliphatic rings. The van der Waals surface area contributed by atoms with E-state index in [4.69, 9.17) is 4.74 Å². The Bertz CT molecular complexity index is 418. The Balaban J connectivity index is 1.75. The molecule has 0 saturated carbocycles. The van der Waals surface area contributed by atoms with Crippen molar-refractivity contribution in [1.82, 2.24) is 5.32 Å². The third kappa shape index (κ3) is 3.66. The minimum Gasteiger partial charge on any atom is -0.492 e. The fourth-order valence-electron chi connectivity index (χ4n) is 1.63. The Morgan fingerprint density at radius 3 is 3.06 bits per heavy atom. The first kappa shape index (κ1) is 12.3. The van der Waals surface area contributed by atoms with Crippen LogP contribution in [0.5, 0.6) is 5.75 Å². The molecule has 1 aliphatic heterocycles. The number of hydrogen-bond donors (Lipinski definition) is 1. The third-order valence-electron chi connectivity index (χ3n) is 2.57. The summed E-state index contributed by atoms with van der Waals surface area (Å²) in [7, 11) is 0. The average Bonchev–Trinajstić information content (AvgIpc) is 2.82. The van der Waals surface area contributed by atoms with Gasteiger partial charge in [0.05, 0.1) is 13.2 Å². The van der Waals surface area contributed by atoms with Crippen LogP contribution in [-0.4, -0.2) is 30.6 Å². The number of benzene rings is 1. The highest BCUT2D eigenvalue weighted by Crippen LogP contribution is 2.19. The first-order valence-corrected chi connectivity index (χ1v) is 6.85. The maximum Gasteiger partial charge on any atom is 0.156 e. The molecular weight excluding hydrogens is 232 g/mol. The summed E-state index contributed by atoms with van der Waals surface area (Å²) in [6.45, 7) is 6.75. The van der Waals surface area contributed by atoms with E-state index in [2.05, 4.69) is 42.4 Å². The maximum absolute atomic E-state index is 5.77. The van der Waals surface area contributed by atoms with Gasteiger partial charge < -0.3 is 10.1 Å². The van der Waals surface area contributed by atoms with E-state index < -0.39 is 0 Å². The van der Waals surface area contributed by atoms with E-state index in [1.165, 1.54) is 11.1 Å². The van der Waals surface area contributed by atoms with Crippen LogP contribution >= 0.6 is 11.8 Å². The van der Waals surface area contributed by atoms with Crippen LogP contribution < -0.4 is 10.1 Å². The van der Waals surface area contributed by atoms with Crippen LogP contribution in [0.15, 0.2) is 23.2 Å². The molecule has 0 radical (unpaired) electrons. The second-order valence-electron chi connectivity index (χ2n) is 4.08. The highest BCUT2D eigenvalue weighted by molar-refractivity contribution is 8.13. The van der Waals surface area contributed by atoms with E-state index in [1.807, 2.05) is 0 Å². The highest BCUT2D eigenvalue weighted by atomic mass is 32.2. The van der Waals surface area contributed by atoms with Crippen molar-refractivity contribution >= 4 is 16.9 Å². The molecule has 1 aromatic carbocycles. The minimum absolute atomic E-state index is 0.718. The molecule has 0 amide bonds. The van der Waals surface area contributed by atoms with Crippen molar-refractivity contribution in [2.45, 2.75) is 13.8 Å². The fourth-order valence-corrected chi connectivity index (χ4v) is 2.37. The summed E-state index contributed by atoms with van der Waals surface area (Å²) in [5, 5.41) is 4.28. The van der Waals surface area contributed by atoms with Crippen LogP contribution in [0.2, 0.25) is 0 Å². The van der Waals surface area contributed by atoms with E-state index in [0.717, 1.165) is 36.4 Å². The lowest BCUT2D eigenvalue weighted by Gasteiger charge is -2.09. The molecule has 0 bridgehead atoms. The predicted molar refractivity (Wildman–Crippen MR) is 74.2 cm³/mol. The van der Waals surface area contributed by atoms with Gasteiger partial charge in [0.25, 0.3) is 0 Å². The zero-order chi connectivity index (χ0) is 12.1. The lowest BCUT2D eigenvalue weighted by atomic mass is 10.1. The molecule has 17 heavy (non-hydrogen) atoms. The molecule has 1 N–H and O–H groups in total. The molecule has 0 spiro atoms. The van der Waals surface area contributed by atoms with Crippen LogP contribution in [0, 0.1) is 13.8 Å². The van der Waals surface area contributed by atoms with Crippen molar-refractivity contribution in [3.05, 3.63) is 29.3 Å². The molecule has 0 saturated heterocycles. The van der Waals surface area contributed by atoms with Gasteiger partial charge in [0.2, 0.25) is 0 Å². The Kier molecular flexibility index (Phi) is 4.31. The van der Waals surface area contributed by atoms with Crippen LogP contribution in [-0.2, 0) is 0 Å². The van der Waals surface area contributed by atoms with E-state index in [-0.39, 0.29) is 0 Å². The molecule has 3 nitrogen and oxygen atoms in total. The Morgan fingerprint density at radius 1 is 1.41 bits per heavy atom. The molecule has 1 aromatic rings. The van der Waals surface area contributed by atoms with Crippen molar-refractivity contribution in [3.63, 3.8) is 0 Å². The maximum atomic E-state index is 5.77. The van der Waals surface area contributed by atoms with Crippen LogP contribution in [0.3, 0.4) is 0 Å². The molecule has 2 rings (SSSR count). The molecule has 0 aliphatic carbocycles. The monoisotopic (exact) mass is 250 g/mol. The zero-order valence-electron chi connectivity index (χ0n) is 10.3. The highest BCUT2D eigenvalue weighted by Gasteiger charge is 2.05. The van der Waals surface area contributed by atoms with Crippen molar-refractivity contribution in [2.75, 3.05) is 25.4 Å². The largest absolute Gasteiger partial charge is 0.492 e. The third-order valence-corrected chi connectivity index (χ3v) is 3.48. The molecule has 92 valence electrons. The molecule has 0 unspecified atom stereocenters. The van der Waals surface area contributed by atoms with Crippen LogP contribution in [0.4, 0.5) is 0 Å². The fraction of sp³-hybridized carbons (Fsp3) is 0.462. The number of thioether (sulfide) groups is 1. The lowest BCUT2D eigenvalue weighted by molar-refractivity contribution is 0.341. The lowest BCUT2D eigenvalue weighted by Crippen LogP contribution is -2.16. The van der Waals surface area contributed by atoms with Gasteiger partial charge in [-0.2, -0.15) is 0 Å². The topological polar surface area (TPSA) is 33.6 Å². The molecule has 4 heteroatoms. The number of ether oxygens (including phenoxy) is 1. The van der Waals surface area contributed by atoms with Crippen LogP contribution in [0.25, 0.3) is 0 Å². The van der Waals surface area contributed by atoms with Gasteiger partial charge in [0, 0.05) is 12.3 Å². The summed E-state index contributed by atoms with van der Waals surface area (Å²) in [5.74, 6) is 1.92. The SMILES string of the molecule is Cc1ccc(C)c(OCCSC2=NCCN2)c1. The number of aliphatic imine (C=N–C) groups is 1. The number of aryl methyl sites for hydroxylation is 2. The van der Waals surface area contributed by atoms with Crippen molar-refractivity contribution in [1.29, 1.82) is 0 Å². The normalized spacial score (nSPS) is 14.4. The van der Waals surface area contributed by atoms with Gasteiger partial charge in [-0.05, 0) is 31.0 Å². The summed E-state index contributed by atoms with van der Waals surface area (Å²) >= 11 is 1.73. The van der Waals surface area contributed by atoms with Gasteiger partial charge in [0.1, 0.15) is 5.75 Å². The van der Waals surface area contributed by atoms with Crippen molar-refractivity contribution in [2.24, 2.45) is 4.99 Å².